The van der Waals surface area contributed by atoms with E-state index in [4.69, 9.17) is 0 Å². The van der Waals surface area contributed by atoms with Crippen LogP contribution < -0.4 is 5.32 Å². The molecule has 0 aliphatic carbocycles. The molecule has 0 saturated carbocycles. The predicted octanol–water partition coefficient (Wildman–Crippen LogP) is 4.52. The second-order valence-electron chi connectivity index (χ2n) is 7.48. The fourth-order valence-electron chi connectivity index (χ4n) is 3.66. The summed E-state index contributed by atoms with van der Waals surface area (Å²) in [4.78, 5) is 24.9. The van der Waals surface area contributed by atoms with Crippen molar-refractivity contribution in [3.8, 4) is 11.4 Å². The maximum atomic E-state index is 12.6. The van der Waals surface area contributed by atoms with Gasteiger partial charge in [-0.3, -0.25) is 9.89 Å². The van der Waals surface area contributed by atoms with Gasteiger partial charge in [0.25, 0.3) is 0 Å². The van der Waals surface area contributed by atoms with E-state index in [-0.39, 0.29) is 12.2 Å². The molecule has 0 unspecified atom stereocenters. The van der Waals surface area contributed by atoms with Crippen molar-refractivity contribution in [2.45, 2.75) is 6.42 Å². The zero-order valence-corrected chi connectivity index (χ0v) is 17.9. The number of rotatable bonds is 6. The van der Waals surface area contributed by atoms with Gasteiger partial charge >= 0.3 is 0 Å². The van der Waals surface area contributed by atoms with E-state index in [1.165, 1.54) is 11.3 Å². The van der Waals surface area contributed by atoms with Crippen LogP contribution in [0.3, 0.4) is 0 Å². The molecular formula is C23H16N8OS. The molecule has 0 aliphatic rings. The highest BCUT2D eigenvalue weighted by atomic mass is 32.1. The van der Waals surface area contributed by atoms with Gasteiger partial charge in [0.2, 0.25) is 0 Å². The Morgan fingerprint density at radius 1 is 1.03 bits per heavy atom. The Hall–Kier alpha value is -4.44. The second-order valence-corrected chi connectivity index (χ2v) is 8.40. The molecule has 0 bridgehead atoms. The third-order valence-electron chi connectivity index (χ3n) is 5.27. The summed E-state index contributed by atoms with van der Waals surface area (Å²) < 4.78 is 0. The molecule has 9 nitrogen and oxygen atoms in total. The number of benzene rings is 2. The normalized spacial score (nSPS) is 11.3. The number of carbonyl (C=O) groups is 1. The van der Waals surface area contributed by atoms with Gasteiger partial charge in [0.15, 0.2) is 11.6 Å². The van der Waals surface area contributed by atoms with E-state index >= 15 is 0 Å². The average Bonchev–Trinajstić information content (AvgIpc) is 3.59. The number of hydrogen-bond acceptors (Lipinski definition) is 8. The third kappa shape index (κ3) is 3.83. The first kappa shape index (κ1) is 19.3. The zero-order valence-electron chi connectivity index (χ0n) is 17.1. The van der Waals surface area contributed by atoms with Crippen molar-refractivity contribution >= 4 is 50.4 Å². The summed E-state index contributed by atoms with van der Waals surface area (Å²) in [5.41, 5.74) is 5.75. The molecule has 3 N–H and O–H groups in total. The number of aromatic amines is 2. The van der Waals surface area contributed by atoms with Crippen LogP contribution in [0, 0.1) is 0 Å². The van der Waals surface area contributed by atoms with Crippen LogP contribution in [0.2, 0.25) is 0 Å². The number of aromatic nitrogens is 7. The molecule has 6 rings (SSSR count). The maximum absolute atomic E-state index is 12.6. The van der Waals surface area contributed by atoms with Crippen LogP contribution in [0.5, 0.6) is 0 Å². The van der Waals surface area contributed by atoms with Gasteiger partial charge < -0.3 is 10.3 Å². The van der Waals surface area contributed by atoms with Crippen LogP contribution in [-0.4, -0.2) is 41.1 Å². The second kappa shape index (κ2) is 7.92. The molecule has 33 heavy (non-hydrogen) atoms. The molecule has 0 aliphatic heterocycles. The lowest BCUT2D eigenvalue weighted by atomic mass is 10.1. The predicted molar refractivity (Wildman–Crippen MR) is 127 cm³/mol. The smallest absolute Gasteiger partial charge is 0.185 e. The largest absolute Gasteiger partial charge is 0.352 e. The summed E-state index contributed by atoms with van der Waals surface area (Å²) in [7, 11) is 0. The Balaban J connectivity index is 1.26. The first-order valence-corrected chi connectivity index (χ1v) is 11.0. The molecule has 0 atom stereocenters. The van der Waals surface area contributed by atoms with Gasteiger partial charge in [0.1, 0.15) is 16.3 Å². The van der Waals surface area contributed by atoms with Gasteiger partial charge in [-0.1, -0.05) is 12.1 Å². The minimum atomic E-state index is -0.0264. The van der Waals surface area contributed by atoms with Crippen molar-refractivity contribution in [1.29, 1.82) is 0 Å². The number of carbonyl (C=O) groups excluding carboxylic acids is 1. The van der Waals surface area contributed by atoms with Crippen molar-refractivity contribution < 1.29 is 4.79 Å². The lowest BCUT2D eigenvalue weighted by Crippen LogP contribution is -2.03. The van der Waals surface area contributed by atoms with Gasteiger partial charge in [0, 0.05) is 33.7 Å². The van der Waals surface area contributed by atoms with Crippen LogP contribution >= 0.6 is 11.3 Å². The number of Topliss-reactive ketones (excluding diaryl/α,β-unsaturated/α-hetero) is 1. The van der Waals surface area contributed by atoms with Crippen molar-refractivity contribution in [3.05, 3.63) is 77.1 Å². The van der Waals surface area contributed by atoms with Gasteiger partial charge in [-0.05, 0) is 36.4 Å². The summed E-state index contributed by atoms with van der Waals surface area (Å²) in [6.45, 7) is 0. The molecule has 0 saturated heterocycles. The molecule has 2 aromatic carbocycles. The van der Waals surface area contributed by atoms with Crippen LogP contribution in [0.4, 0.5) is 11.5 Å². The molecule has 4 aromatic heterocycles. The molecule has 0 spiro atoms. The molecule has 0 amide bonds. The lowest BCUT2D eigenvalue weighted by molar-refractivity contribution is 0.0989. The van der Waals surface area contributed by atoms with E-state index in [9.17, 15) is 4.79 Å². The highest BCUT2D eigenvalue weighted by Crippen LogP contribution is 2.25. The fourth-order valence-corrected chi connectivity index (χ4v) is 4.18. The number of ketones is 1. The number of fused-ring (bicyclic) bond motifs is 2. The van der Waals surface area contributed by atoms with Crippen molar-refractivity contribution in [3.63, 3.8) is 0 Å². The topological polar surface area (TPSA) is 125 Å². The molecule has 6 aromatic rings. The summed E-state index contributed by atoms with van der Waals surface area (Å²) in [5.74, 6) is 1.24. The van der Waals surface area contributed by atoms with E-state index in [2.05, 4.69) is 40.7 Å². The van der Waals surface area contributed by atoms with Gasteiger partial charge in [-0.25, -0.2) is 9.97 Å². The molecule has 0 fully saturated rings. The van der Waals surface area contributed by atoms with E-state index in [1.807, 2.05) is 48.5 Å². The van der Waals surface area contributed by atoms with E-state index in [1.54, 1.807) is 17.9 Å². The SMILES string of the molecule is O=C(Cc1nncs1)c1cc2ccc(-c3nccc(Nc4ccc5[nH]ncc5c4)n3)cc2[nH]1. The highest BCUT2D eigenvalue weighted by Gasteiger charge is 2.13. The van der Waals surface area contributed by atoms with Crippen molar-refractivity contribution in [2.75, 3.05) is 5.32 Å². The third-order valence-corrected chi connectivity index (χ3v) is 5.96. The first-order chi connectivity index (χ1) is 16.2. The zero-order chi connectivity index (χ0) is 22.2. The van der Waals surface area contributed by atoms with Crippen LogP contribution in [-0.2, 0) is 6.42 Å². The Morgan fingerprint density at radius 2 is 2.00 bits per heavy atom. The highest BCUT2D eigenvalue weighted by molar-refractivity contribution is 7.09. The fraction of sp³-hybridized carbons (Fsp3) is 0.0435. The monoisotopic (exact) mass is 452 g/mol. The summed E-state index contributed by atoms with van der Waals surface area (Å²) in [5, 5.41) is 20.7. The van der Waals surface area contributed by atoms with Crippen LogP contribution in [0.25, 0.3) is 33.2 Å². The van der Waals surface area contributed by atoms with Gasteiger partial charge in [0.05, 0.1) is 23.8 Å². The quantitative estimate of drug-likeness (QED) is 0.317. The van der Waals surface area contributed by atoms with E-state index in [0.717, 1.165) is 33.1 Å². The Morgan fingerprint density at radius 3 is 2.91 bits per heavy atom. The number of nitrogens with one attached hydrogen (secondary N) is 3. The Labute approximate surface area is 191 Å². The molecule has 4 heterocycles. The first-order valence-electron chi connectivity index (χ1n) is 10.2. The van der Waals surface area contributed by atoms with Gasteiger partial charge in [-0.15, -0.1) is 21.5 Å². The molecule has 160 valence electrons. The average molecular weight is 453 g/mol. The number of H-pyrrole nitrogens is 2. The minimum Gasteiger partial charge on any atom is -0.352 e. The number of anilines is 2. The van der Waals surface area contributed by atoms with E-state index < -0.39 is 0 Å². The lowest BCUT2D eigenvalue weighted by Gasteiger charge is -2.07. The maximum Gasteiger partial charge on any atom is 0.185 e. The van der Waals surface area contributed by atoms with Crippen LogP contribution in [0.1, 0.15) is 15.5 Å². The molecule has 10 heteroatoms. The Bertz CT molecular complexity index is 1600. The number of nitrogens with zero attached hydrogens (tertiary/aromatic N) is 5. The summed E-state index contributed by atoms with van der Waals surface area (Å²) >= 11 is 1.37. The number of hydrogen-bond donors (Lipinski definition) is 3. The standard InChI is InChI=1S/C23H16N8OS/c32-20(10-22-31-26-12-33-22)19-8-13-1-2-14(9-18(13)28-19)23-24-6-5-21(29-23)27-16-3-4-17-15(7-16)11-25-30-17/h1-9,11-12,28H,10H2,(H,25,30)(H,24,27,29). The molecule has 0 radical (unpaired) electrons. The van der Waals surface area contributed by atoms with Crippen LogP contribution in [0.15, 0.2) is 66.4 Å². The molecular weight excluding hydrogens is 436 g/mol. The van der Waals surface area contributed by atoms with Crippen molar-refractivity contribution in [1.82, 2.24) is 35.3 Å². The summed E-state index contributed by atoms with van der Waals surface area (Å²) in [6, 6.07) is 15.5. The summed E-state index contributed by atoms with van der Waals surface area (Å²) in [6.07, 6.45) is 3.73. The van der Waals surface area contributed by atoms with E-state index in [0.29, 0.717) is 22.3 Å². The van der Waals surface area contributed by atoms with Crippen molar-refractivity contribution in [2.24, 2.45) is 0 Å². The minimum absolute atomic E-state index is 0.0264. The van der Waals surface area contributed by atoms with Gasteiger partial charge in [-0.2, -0.15) is 5.10 Å². The Kier molecular flexibility index (Phi) is 4.62.